The van der Waals surface area contributed by atoms with Crippen LogP contribution in [0, 0.1) is 0 Å². The number of para-hydroxylation sites is 1. The third-order valence-corrected chi connectivity index (χ3v) is 4.53. The zero-order valence-corrected chi connectivity index (χ0v) is 16.9. The van der Waals surface area contributed by atoms with Gasteiger partial charge in [0.1, 0.15) is 0 Å². The summed E-state index contributed by atoms with van der Waals surface area (Å²) >= 11 is 0. The first-order chi connectivity index (χ1) is 14.0. The minimum Gasteiger partial charge on any atom is -0.345 e. The largest absolute Gasteiger partial charge is 0.449 e. The van der Waals surface area contributed by atoms with Crippen LogP contribution in [-0.2, 0) is 6.18 Å². The van der Waals surface area contributed by atoms with Gasteiger partial charge in [-0.2, -0.15) is 13.2 Å². The number of aromatic nitrogens is 2. The second-order valence-electron chi connectivity index (χ2n) is 7.30. The molecule has 1 heterocycles. The number of fused-ring (bicyclic) bond motifs is 1. The zero-order valence-electron chi connectivity index (χ0n) is 16.9. The van der Waals surface area contributed by atoms with Crippen LogP contribution in [0.3, 0.4) is 0 Å². The van der Waals surface area contributed by atoms with Gasteiger partial charge in [-0.15, -0.1) is 0 Å². The minimum atomic E-state index is -4.61. The van der Waals surface area contributed by atoms with Crippen molar-refractivity contribution in [1.82, 2.24) is 14.5 Å². The average Bonchev–Trinajstić information content (AvgIpc) is 3.07. The molecule has 0 atom stereocenters. The second kappa shape index (κ2) is 7.81. The van der Waals surface area contributed by atoms with E-state index < -0.39 is 23.9 Å². The number of halogens is 3. The molecule has 3 aromatic rings. The molecule has 2 aromatic carbocycles. The molecule has 0 unspecified atom stereocenters. The first kappa shape index (κ1) is 21.4. The van der Waals surface area contributed by atoms with Crippen LogP contribution in [0.4, 0.5) is 18.9 Å². The maximum Gasteiger partial charge on any atom is 0.449 e. The Morgan fingerprint density at radius 3 is 2.37 bits per heavy atom. The number of carbonyl (C=O) groups is 2. The molecule has 0 aliphatic carbocycles. The molecule has 0 fully saturated rings. The molecular formula is C21H21F3N4O2. The van der Waals surface area contributed by atoms with Crippen LogP contribution in [0.5, 0.6) is 0 Å². The van der Waals surface area contributed by atoms with Crippen molar-refractivity contribution in [3.8, 4) is 0 Å². The number of imidazole rings is 1. The molecule has 0 aliphatic rings. The molecule has 0 saturated heterocycles. The Labute approximate surface area is 171 Å². The quantitative estimate of drug-likeness (QED) is 0.674. The van der Waals surface area contributed by atoms with E-state index in [0.29, 0.717) is 11.3 Å². The topological polar surface area (TPSA) is 67.2 Å². The molecule has 9 heteroatoms. The third-order valence-electron chi connectivity index (χ3n) is 4.53. The van der Waals surface area contributed by atoms with Gasteiger partial charge in [0.25, 0.3) is 11.8 Å². The molecular weight excluding hydrogens is 397 g/mol. The van der Waals surface area contributed by atoms with Gasteiger partial charge in [0.2, 0.25) is 5.82 Å². The van der Waals surface area contributed by atoms with Crippen LogP contribution in [0.2, 0.25) is 0 Å². The predicted octanol–water partition coefficient (Wildman–Crippen LogP) is 4.59. The SMILES string of the molecule is CC(C)n1c(C(F)(F)F)nc2cc(C(=O)Nc3ccccc3C(=O)N(C)C)ccc21. The van der Waals surface area contributed by atoms with Crippen LogP contribution in [0.1, 0.15) is 46.4 Å². The first-order valence-corrected chi connectivity index (χ1v) is 9.22. The van der Waals surface area contributed by atoms with Gasteiger partial charge in [0.05, 0.1) is 22.3 Å². The Hall–Kier alpha value is -3.36. The second-order valence-corrected chi connectivity index (χ2v) is 7.30. The van der Waals surface area contributed by atoms with Crippen molar-refractivity contribution >= 4 is 28.5 Å². The summed E-state index contributed by atoms with van der Waals surface area (Å²) in [6.45, 7) is 3.27. The lowest BCUT2D eigenvalue weighted by atomic mass is 10.1. The fourth-order valence-corrected chi connectivity index (χ4v) is 3.18. The Balaban J connectivity index is 1.99. The summed E-state index contributed by atoms with van der Waals surface area (Å²) in [4.78, 5) is 30.1. The van der Waals surface area contributed by atoms with Gasteiger partial charge >= 0.3 is 6.18 Å². The highest BCUT2D eigenvalue weighted by Crippen LogP contribution is 2.34. The summed E-state index contributed by atoms with van der Waals surface area (Å²) in [5, 5.41) is 2.66. The van der Waals surface area contributed by atoms with Gasteiger partial charge in [0, 0.05) is 25.7 Å². The molecule has 3 rings (SSSR count). The summed E-state index contributed by atoms with van der Waals surface area (Å²) in [6.07, 6.45) is -4.61. The molecule has 1 N–H and O–H groups in total. The Bertz CT molecular complexity index is 1120. The number of anilines is 1. The molecule has 30 heavy (non-hydrogen) atoms. The average molecular weight is 418 g/mol. The zero-order chi connectivity index (χ0) is 22.2. The van der Waals surface area contributed by atoms with Crippen LogP contribution < -0.4 is 5.32 Å². The lowest BCUT2D eigenvalue weighted by Gasteiger charge is -2.15. The molecule has 0 radical (unpaired) electrons. The highest BCUT2D eigenvalue weighted by molar-refractivity contribution is 6.09. The number of nitrogens with zero attached hydrogens (tertiary/aromatic N) is 3. The van der Waals surface area contributed by atoms with Gasteiger partial charge in [-0.05, 0) is 44.2 Å². The lowest BCUT2D eigenvalue weighted by Crippen LogP contribution is -2.24. The number of nitrogens with one attached hydrogen (secondary N) is 1. The van der Waals surface area contributed by atoms with Crippen LogP contribution in [-0.4, -0.2) is 40.4 Å². The minimum absolute atomic E-state index is 0.0707. The highest BCUT2D eigenvalue weighted by atomic mass is 19.4. The van der Waals surface area contributed by atoms with E-state index in [4.69, 9.17) is 0 Å². The summed E-state index contributed by atoms with van der Waals surface area (Å²) < 4.78 is 41.2. The molecule has 0 bridgehead atoms. The van der Waals surface area contributed by atoms with Crippen molar-refractivity contribution in [2.24, 2.45) is 0 Å². The normalized spacial score (nSPS) is 11.7. The van der Waals surface area contributed by atoms with E-state index in [1.807, 2.05) is 0 Å². The van der Waals surface area contributed by atoms with Crippen molar-refractivity contribution in [1.29, 1.82) is 0 Å². The molecule has 0 saturated carbocycles. The smallest absolute Gasteiger partial charge is 0.345 e. The van der Waals surface area contributed by atoms with E-state index in [1.165, 1.54) is 23.1 Å². The van der Waals surface area contributed by atoms with E-state index in [1.54, 1.807) is 52.2 Å². The van der Waals surface area contributed by atoms with Gasteiger partial charge in [-0.3, -0.25) is 9.59 Å². The molecule has 6 nitrogen and oxygen atoms in total. The summed E-state index contributed by atoms with van der Waals surface area (Å²) in [5.74, 6) is -1.85. The lowest BCUT2D eigenvalue weighted by molar-refractivity contribution is -0.147. The molecule has 0 aliphatic heterocycles. The standard InChI is InChI=1S/C21H21F3N4O2/c1-12(2)28-17-10-9-13(11-16(17)26-20(28)21(22,23)24)18(29)25-15-8-6-5-7-14(15)19(30)27(3)4/h5-12H,1-4H3,(H,25,29). The van der Waals surface area contributed by atoms with E-state index in [9.17, 15) is 22.8 Å². The van der Waals surface area contributed by atoms with Gasteiger partial charge in [-0.1, -0.05) is 12.1 Å². The van der Waals surface area contributed by atoms with Gasteiger partial charge < -0.3 is 14.8 Å². The van der Waals surface area contributed by atoms with Crippen molar-refractivity contribution in [3.63, 3.8) is 0 Å². The van der Waals surface area contributed by atoms with Crippen molar-refractivity contribution in [2.75, 3.05) is 19.4 Å². The van der Waals surface area contributed by atoms with Gasteiger partial charge in [0.15, 0.2) is 0 Å². The third kappa shape index (κ3) is 4.00. The van der Waals surface area contributed by atoms with E-state index in [0.717, 1.165) is 4.57 Å². The van der Waals surface area contributed by atoms with Gasteiger partial charge in [-0.25, -0.2) is 4.98 Å². The van der Waals surface area contributed by atoms with Crippen LogP contribution >= 0.6 is 0 Å². The number of alkyl halides is 3. The van der Waals surface area contributed by atoms with Crippen molar-refractivity contribution in [2.45, 2.75) is 26.1 Å². The Morgan fingerprint density at radius 2 is 1.77 bits per heavy atom. The predicted molar refractivity (Wildman–Crippen MR) is 108 cm³/mol. The summed E-state index contributed by atoms with van der Waals surface area (Å²) in [6, 6.07) is 10.3. The van der Waals surface area contributed by atoms with Crippen molar-refractivity contribution in [3.05, 3.63) is 59.4 Å². The fraction of sp³-hybridized carbons (Fsp3) is 0.286. The number of carbonyl (C=O) groups excluding carboxylic acids is 2. The molecule has 0 spiro atoms. The number of amides is 2. The molecule has 2 amide bonds. The van der Waals surface area contributed by atoms with Crippen LogP contribution in [0.15, 0.2) is 42.5 Å². The molecule has 1 aromatic heterocycles. The molecule has 158 valence electrons. The number of benzene rings is 2. The van der Waals surface area contributed by atoms with E-state index in [2.05, 4.69) is 10.3 Å². The van der Waals surface area contributed by atoms with Crippen molar-refractivity contribution < 1.29 is 22.8 Å². The Morgan fingerprint density at radius 1 is 1.10 bits per heavy atom. The maximum atomic E-state index is 13.4. The summed E-state index contributed by atoms with van der Waals surface area (Å²) in [5.41, 5.74) is 1.11. The number of rotatable bonds is 4. The van der Waals surface area contributed by atoms with Crippen LogP contribution in [0.25, 0.3) is 11.0 Å². The van der Waals surface area contributed by atoms with E-state index in [-0.39, 0.29) is 22.5 Å². The first-order valence-electron chi connectivity index (χ1n) is 9.22. The monoisotopic (exact) mass is 418 g/mol. The maximum absolute atomic E-state index is 13.4. The highest BCUT2D eigenvalue weighted by Gasteiger charge is 2.38. The number of hydrogen-bond donors (Lipinski definition) is 1. The van der Waals surface area contributed by atoms with E-state index >= 15 is 0 Å². The summed E-state index contributed by atoms with van der Waals surface area (Å²) in [7, 11) is 3.19. The fourth-order valence-electron chi connectivity index (χ4n) is 3.18. The number of hydrogen-bond acceptors (Lipinski definition) is 3. The Kier molecular flexibility index (Phi) is 5.56.